The van der Waals surface area contributed by atoms with Gasteiger partial charge in [-0.2, -0.15) is 0 Å². The summed E-state index contributed by atoms with van der Waals surface area (Å²) in [5.74, 6) is 0.164. The fraction of sp³-hybridized carbons (Fsp3) is 0.875. The molecule has 0 saturated carbocycles. The predicted molar refractivity (Wildman–Crippen MR) is 81.0 cm³/mol. The van der Waals surface area contributed by atoms with Crippen LogP contribution in [-0.4, -0.2) is 59.5 Å². The number of aliphatic carboxylic acids is 1. The molecule has 2 aliphatic rings. The van der Waals surface area contributed by atoms with Crippen molar-refractivity contribution in [1.29, 1.82) is 0 Å². The molecule has 5 nitrogen and oxygen atoms in total. The van der Waals surface area contributed by atoms with Gasteiger partial charge in [-0.25, -0.2) is 0 Å². The summed E-state index contributed by atoms with van der Waals surface area (Å²) in [4.78, 5) is 27.9. The number of rotatable bonds is 4. The fourth-order valence-corrected chi connectivity index (χ4v) is 3.53. The van der Waals surface area contributed by atoms with E-state index >= 15 is 0 Å². The molecule has 2 aliphatic heterocycles. The van der Waals surface area contributed by atoms with Crippen molar-refractivity contribution in [3.05, 3.63) is 0 Å². The fourth-order valence-electron chi connectivity index (χ4n) is 3.53. The van der Waals surface area contributed by atoms with Crippen molar-refractivity contribution in [2.75, 3.05) is 32.7 Å². The van der Waals surface area contributed by atoms with E-state index in [0.29, 0.717) is 25.4 Å². The molecule has 2 rings (SSSR count). The standard InChI is InChI=1S/C16H28N2O3/c1-3-16(15(20)21)7-4-8-17(12-16)11-14(19)18-9-5-13(2)6-10-18/h13H,3-12H2,1-2H3,(H,20,21). The van der Waals surface area contributed by atoms with Gasteiger partial charge in [0.05, 0.1) is 12.0 Å². The first-order valence-corrected chi connectivity index (χ1v) is 8.20. The molecule has 2 heterocycles. The third-order valence-corrected chi connectivity index (χ3v) is 5.28. The van der Waals surface area contributed by atoms with Crippen molar-refractivity contribution in [1.82, 2.24) is 9.80 Å². The number of piperidine rings is 2. The summed E-state index contributed by atoms with van der Waals surface area (Å²) in [6, 6.07) is 0. The number of nitrogens with zero attached hydrogens (tertiary/aromatic N) is 2. The average Bonchev–Trinajstić information content (AvgIpc) is 2.47. The minimum absolute atomic E-state index is 0.166. The largest absolute Gasteiger partial charge is 0.481 e. The maximum Gasteiger partial charge on any atom is 0.310 e. The van der Waals surface area contributed by atoms with Gasteiger partial charge >= 0.3 is 5.97 Å². The van der Waals surface area contributed by atoms with E-state index in [1.807, 2.05) is 16.7 Å². The molecule has 0 aromatic heterocycles. The lowest BCUT2D eigenvalue weighted by Gasteiger charge is -2.40. The molecule has 1 N–H and O–H groups in total. The number of carboxylic acids is 1. The Bertz CT molecular complexity index is 391. The molecule has 21 heavy (non-hydrogen) atoms. The van der Waals surface area contributed by atoms with Gasteiger partial charge in [-0.3, -0.25) is 14.5 Å². The van der Waals surface area contributed by atoms with Crippen LogP contribution in [0.1, 0.15) is 46.0 Å². The summed E-state index contributed by atoms with van der Waals surface area (Å²) < 4.78 is 0. The highest BCUT2D eigenvalue weighted by atomic mass is 16.4. The predicted octanol–water partition coefficient (Wildman–Crippen LogP) is 1.82. The lowest BCUT2D eigenvalue weighted by molar-refractivity contribution is -0.154. The maximum absolute atomic E-state index is 12.4. The summed E-state index contributed by atoms with van der Waals surface area (Å²) in [6.45, 7) is 7.60. The second-order valence-corrected chi connectivity index (χ2v) is 6.82. The van der Waals surface area contributed by atoms with Crippen LogP contribution < -0.4 is 0 Å². The molecule has 1 unspecified atom stereocenters. The van der Waals surface area contributed by atoms with Crippen molar-refractivity contribution < 1.29 is 14.7 Å². The highest BCUT2D eigenvalue weighted by Gasteiger charge is 2.41. The maximum atomic E-state index is 12.4. The Hall–Kier alpha value is -1.10. The smallest absolute Gasteiger partial charge is 0.310 e. The molecule has 0 aromatic rings. The van der Waals surface area contributed by atoms with Crippen LogP contribution in [0.4, 0.5) is 0 Å². The number of hydrogen-bond acceptors (Lipinski definition) is 3. The Morgan fingerprint density at radius 2 is 1.90 bits per heavy atom. The van der Waals surface area contributed by atoms with Crippen LogP contribution in [0, 0.1) is 11.3 Å². The van der Waals surface area contributed by atoms with Crippen molar-refractivity contribution in [3.8, 4) is 0 Å². The number of carboxylic acid groups (broad SMARTS) is 1. The zero-order valence-corrected chi connectivity index (χ0v) is 13.3. The van der Waals surface area contributed by atoms with Gasteiger partial charge in [-0.05, 0) is 44.6 Å². The van der Waals surface area contributed by atoms with Gasteiger partial charge in [0.1, 0.15) is 0 Å². The average molecular weight is 296 g/mol. The zero-order chi connectivity index (χ0) is 15.5. The number of amides is 1. The van der Waals surface area contributed by atoms with E-state index < -0.39 is 11.4 Å². The van der Waals surface area contributed by atoms with Crippen molar-refractivity contribution >= 4 is 11.9 Å². The highest BCUT2D eigenvalue weighted by Crippen LogP contribution is 2.33. The summed E-state index contributed by atoms with van der Waals surface area (Å²) in [5, 5.41) is 9.50. The van der Waals surface area contributed by atoms with Gasteiger partial charge in [0.15, 0.2) is 0 Å². The highest BCUT2D eigenvalue weighted by molar-refractivity contribution is 5.79. The number of carbonyl (C=O) groups is 2. The molecular weight excluding hydrogens is 268 g/mol. The SMILES string of the molecule is CCC1(C(=O)O)CCCN(CC(=O)N2CCC(C)CC2)C1. The quantitative estimate of drug-likeness (QED) is 0.859. The molecule has 2 fully saturated rings. The van der Waals surface area contributed by atoms with Gasteiger partial charge in [0.25, 0.3) is 0 Å². The molecule has 0 radical (unpaired) electrons. The van der Waals surface area contributed by atoms with Crippen LogP contribution >= 0.6 is 0 Å². The van der Waals surface area contributed by atoms with Crippen molar-refractivity contribution in [3.63, 3.8) is 0 Å². The molecule has 0 spiro atoms. The van der Waals surface area contributed by atoms with E-state index in [-0.39, 0.29) is 5.91 Å². The Kier molecular flexibility index (Phi) is 5.25. The van der Waals surface area contributed by atoms with E-state index in [1.165, 1.54) is 0 Å². The topological polar surface area (TPSA) is 60.9 Å². The third kappa shape index (κ3) is 3.76. The van der Waals surface area contributed by atoms with Gasteiger partial charge in [-0.15, -0.1) is 0 Å². The second kappa shape index (κ2) is 6.77. The van der Waals surface area contributed by atoms with E-state index in [9.17, 15) is 14.7 Å². The number of hydrogen-bond donors (Lipinski definition) is 1. The van der Waals surface area contributed by atoms with E-state index in [4.69, 9.17) is 0 Å². The summed E-state index contributed by atoms with van der Waals surface area (Å²) in [6.07, 6.45) is 4.39. The monoisotopic (exact) mass is 296 g/mol. The molecule has 2 saturated heterocycles. The Morgan fingerprint density at radius 3 is 2.48 bits per heavy atom. The van der Waals surface area contributed by atoms with Gasteiger partial charge in [0, 0.05) is 19.6 Å². The molecule has 5 heteroatoms. The van der Waals surface area contributed by atoms with Crippen LogP contribution in [0.5, 0.6) is 0 Å². The summed E-state index contributed by atoms with van der Waals surface area (Å²) in [5.41, 5.74) is -0.658. The van der Waals surface area contributed by atoms with Gasteiger partial charge in [-0.1, -0.05) is 13.8 Å². The Morgan fingerprint density at radius 1 is 1.24 bits per heavy atom. The first-order chi connectivity index (χ1) is 9.97. The van der Waals surface area contributed by atoms with E-state index in [2.05, 4.69) is 6.92 Å². The first-order valence-electron chi connectivity index (χ1n) is 8.20. The van der Waals surface area contributed by atoms with Crippen molar-refractivity contribution in [2.45, 2.75) is 46.0 Å². The van der Waals surface area contributed by atoms with E-state index in [0.717, 1.165) is 45.3 Å². The molecular formula is C16H28N2O3. The van der Waals surface area contributed by atoms with Gasteiger partial charge < -0.3 is 10.0 Å². The Balaban J connectivity index is 1.90. The summed E-state index contributed by atoms with van der Waals surface area (Å²) in [7, 11) is 0. The van der Waals surface area contributed by atoms with Crippen molar-refractivity contribution in [2.24, 2.45) is 11.3 Å². The molecule has 0 aliphatic carbocycles. The lowest BCUT2D eigenvalue weighted by atomic mass is 9.77. The first kappa shape index (κ1) is 16.3. The van der Waals surface area contributed by atoms with Gasteiger partial charge in [0.2, 0.25) is 5.91 Å². The third-order valence-electron chi connectivity index (χ3n) is 5.28. The van der Waals surface area contributed by atoms with Crippen LogP contribution in [0.2, 0.25) is 0 Å². The lowest BCUT2D eigenvalue weighted by Crippen LogP contribution is -2.51. The molecule has 0 bridgehead atoms. The number of likely N-dealkylation sites (tertiary alicyclic amines) is 2. The molecule has 120 valence electrons. The minimum atomic E-state index is -0.714. The normalized spacial score (nSPS) is 28.6. The van der Waals surface area contributed by atoms with Crippen LogP contribution in [0.25, 0.3) is 0 Å². The van der Waals surface area contributed by atoms with Crippen LogP contribution in [0.3, 0.4) is 0 Å². The second-order valence-electron chi connectivity index (χ2n) is 6.82. The Labute approximate surface area is 127 Å². The minimum Gasteiger partial charge on any atom is -0.481 e. The number of carbonyl (C=O) groups excluding carboxylic acids is 1. The van der Waals surface area contributed by atoms with Crippen LogP contribution in [0.15, 0.2) is 0 Å². The zero-order valence-electron chi connectivity index (χ0n) is 13.3. The molecule has 1 atom stereocenters. The van der Waals surface area contributed by atoms with E-state index in [1.54, 1.807) is 0 Å². The molecule has 0 aromatic carbocycles. The van der Waals surface area contributed by atoms with Crippen LogP contribution in [-0.2, 0) is 9.59 Å². The summed E-state index contributed by atoms with van der Waals surface area (Å²) >= 11 is 0. The molecule has 1 amide bonds.